The molecule has 1 heterocycles. The van der Waals surface area contributed by atoms with Gasteiger partial charge in [-0.05, 0) is 55.5 Å². The average Bonchev–Trinajstić information content (AvgIpc) is 3.17. The number of hydrogen-bond acceptors (Lipinski definition) is 4. The van der Waals surface area contributed by atoms with Gasteiger partial charge >= 0.3 is 0 Å². The third-order valence-corrected chi connectivity index (χ3v) is 5.17. The fourth-order valence-electron chi connectivity index (χ4n) is 2.39. The zero-order chi connectivity index (χ0) is 18.6. The van der Waals surface area contributed by atoms with Crippen molar-refractivity contribution in [2.24, 2.45) is 0 Å². The zero-order valence-electron chi connectivity index (χ0n) is 14.0. The number of sulfonamides is 1. The Morgan fingerprint density at radius 3 is 2.27 bits per heavy atom. The second-order valence-electron chi connectivity index (χ2n) is 5.71. The summed E-state index contributed by atoms with van der Waals surface area (Å²) in [5, 5.41) is 2.80. The number of carbonyl (C=O) groups is 1. The van der Waals surface area contributed by atoms with Gasteiger partial charge in [-0.2, -0.15) is 0 Å². The first-order valence-electron chi connectivity index (χ1n) is 7.98. The van der Waals surface area contributed by atoms with Gasteiger partial charge in [0.2, 0.25) is 0 Å². The molecule has 3 aromatic rings. The molecule has 0 unspecified atom stereocenters. The lowest BCUT2D eigenvalue weighted by molar-refractivity contribution is 0.0935. The number of rotatable bonds is 6. The van der Waals surface area contributed by atoms with E-state index in [0.717, 1.165) is 0 Å². The Balaban J connectivity index is 1.70. The third kappa shape index (κ3) is 4.12. The van der Waals surface area contributed by atoms with Crippen LogP contribution in [0, 0.1) is 0 Å². The van der Waals surface area contributed by atoms with Crippen LogP contribution in [0.5, 0.6) is 0 Å². The molecule has 6 nitrogen and oxygen atoms in total. The van der Waals surface area contributed by atoms with Gasteiger partial charge in [0.1, 0.15) is 5.76 Å². The van der Waals surface area contributed by atoms with E-state index in [-0.39, 0.29) is 16.8 Å². The smallest absolute Gasteiger partial charge is 0.261 e. The van der Waals surface area contributed by atoms with Crippen LogP contribution in [0.25, 0.3) is 0 Å². The molecule has 0 aliphatic heterocycles. The normalized spacial score (nSPS) is 12.3. The Hall–Kier alpha value is -3.06. The Morgan fingerprint density at radius 1 is 0.962 bits per heavy atom. The largest absolute Gasteiger partial charge is 0.467 e. The molecular formula is C19H18N2O4S. The first-order valence-corrected chi connectivity index (χ1v) is 9.46. The molecule has 1 amide bonds. The van der Waals surface area contributed by atoms with Crippen molar-refractivity contribution in [3.05, 3.63) is 84.3 Å². The molecular weight excluding hydrogens is 352 g/mol. The second kappa shape index (κ2) is 7.45. The lowest BCUT2D eigenvalue weighted by Crippen LogP contribution is -2.26. The number of hydrogen-bond donors (Lipinski definition) is 2. The standard InChI is InChI=1S/C19H18N2O4S/c1-14(18-8-5-13-25-18)20-19(22)15-9-11-17(12-10-15)26(23,24)21-16-6-3-2-4-7-16/h2-14,21H,1H3,(H,20,22)/t14-/m1/s1. The van der Waals surface area contributed by atoms with Gasteiger partial charge in [0, 0.05) is 11.3 Å². The minimum absolute atomic E-state index is 0.0805. The predicted octanol–water partition coefficient (Wildman–Crippen LogP) is 3.57. The van der Waals surface area contributed by atoms with Gasteiger partial charge in [-0.25, -0.2) is 8.42 Å². The van der Waals surface area contributed by atoms with Crippen molar-refractivity contribution in [3.63, 3.8) is 0 Å². The van der Waals surface area contributed by atoms with Gasteiger partial charge in [-0.1, -0.05) is 18.2 Å². The minimum atomic E-state index is -3.71. The third-order valence-electron chi connectivity index (χ3n) is 3.77. The number of carbonyl (C=O) groups excluding carboxylic acids is 1. The topological polar surface area (TPSA) is 88.4 Å². The molecule has 0 saturated heterocycles. The number of para-hydroxylation sites is 1. The Kier molecular flexibility index (Phi) is 5.09. The van der Waals surface area contributed by atoms with Crippen LogP contribution in [0.3, 0.4) is 0 Å². The monoisotopic (exact) mass is 370 g/mol. The maximum atomic E-state index is 12.4. The number of amides is 1. The van der Waals surface area contributed by atoms with Crippen LogP contribution in [-0.2, 0) is 10.0 Å². The number of benzene rings is 2. The quantitative estimate of drug-likeness (QED) is 0.694. The van der Waals surface area contributed by atoms with Gasteiger partial charge in [0.25, 0.3) is 15.9 Å². The van der Waals surface area contributed by atoms with Gasteiger partial charge in [0.15, 0.2) is 0 Å². The van der Waals surface area contributed by atoms with Gasteiger partial charge < -0.3 is 9.73 Å². The van der Waals surface area contributed by atoms with Crippen LogP contribution < -0.4 is 10.0 Å². The molecule has 0 aliphatic carbocycles. The number of nitrogens with one attached hydrogen (secondary N) is 2. The van der Waals surface area contributed by atoms with Crippen LogP contribution in [0.1, 0.15) is 29.1 Å². The first-order chi connectivity index (χ1) is 12.5. The maximum absolute atomic E-state index is 12.4. The molecule has 0 fully saturated rings. The van der Waals surface area contributed by atoms with Crippen molar-refractivity contribution in [2.75, 3.05) is 4.72 Å². The van der Waals surface area contributed by atoms with Crippen molar-refractivity contribution in [1.29, 1.82) is 0 Å². The molecule has 1 atom stereocenters. The summed E-state index contributed by atoms with van der Waals surface area (Å²) in [5.74, 6) is 0.332. The highest BCUT2D eigenvalue weighted by atomic mass is 32.2. The van der Waals surface area contributed by atoms with E-state index >= 15 is 0 Å². The molecule has 26 heavy (non-hydrogen) atoms. The van der Waals surface area contributed by atoms with E-state index in [4.69, 9.17) is 4.42 Å². The molecule has 134 valence electrons. The van der Waals surface area contributed by atoms with Crippen molar-refractivity contribution in [1.82, 2.24) is 5.32 Å². The van der Waals surface area contributed by atoms with Crippen molar-refractivity contribution >= 4 is 21.6 Å². The Bertz CT molecular complexity index is 966. The summed E-state index contributed by atoms with van der Waals surface area (Å²) < 4.78 is 32.5. The molecule has 2 aromatic carbocycles. The van der Waals surface area contributed by atoms with Crippen LogP contribution in [0.15, 0.2) is 82.3 Å². The van der Waals surface area contributed by atoms with E-state index in [1.54, 1.807) is 49.4 Å². The molecule has 1 aromatic heterocycles. The van der Waals surface area contributed by atoms with Crippen molar-refractivity contribution in [2.45, 2.75) is 17.9 Å². The summed E-state index contributed by atoms with van der Waals surface area (Å²) in [5.41, 5.74) is 0.837. The van der Waals surface area contributed by atoms with Gasteiger partial charge in [-0.15, -0.1) is 0 Å². The second-order valence-corrected chi connectivity index (χ2v) is 7.39. The molecule has 0 radical (unpaired) electrons. The maximum Gasteiger partial charge on any atom is 0.261 e. The summed E-state index contributed by atoms with van der Waals surface area (Å²) in [6.45, 7) is 1.80. The lowest BCUT2D eigenvalue weighted by Gasteiger charge is -2.12. The summed E-state index contributed by atoms with van der Waals surface area (Å²) >= 11 is 0. The van der Waals surface area contributed by atoms with E-state index in [9.17, 15) is 13.2 Å². The highest BCUT2D eigenvalue weighted by Crippen LogP contribution is 2.17. The summed E-state index contributed by atoms with van der Waals surface area (Å²) in [6, 6.07) is 17.6. The van der Waals surface area contributed by atoms with E-state index in [0.29, 0.717) is 17.0 Å². The highest BCUT2D eigenvalue weighted by molar-refractivity contribution is 7.92. The van der Waals surface area contributed by atoms with E-state index in [1.807, 2.05) is 0 Å². The molecule has 0 aliphatic rings. The summed E-state index contributed by atoms with van der Waals surface area (Å²) in [7, 11) is -3.71. The zero-order valence-corrected chi connectivity index (χ0v) is 14.9. The molecule has 3 rings (SSSR count). The van der Waals surface area contributed by atoms with E-state index in [1.165, 1.54) is 30.5 Å². The van der Waals surface area contributed by atoms with Crippen molar-refractivity contribution in [3.8, 4) is 0 Å². The van der Waals surface area contributed by atoms with Crippen LogP contribution in [0.4, 0.5) is 5.69 Å². The van der Waals surface area contributed by atoms with Crippen LogP contribution >= 0.6 is 0 Å². The fraction of sp³-hybridized carbons (Fsp3) is 0.105. The van der Waals surface area contributed by atoms with Crippen LogP contribution in [-0.4, -0.2) is 14.3 Å². The SMILES string of the molecule is C[C@@H](NC(=O)c1ccc(S(=O)(=O)Nc2ccccc2)cc1)c1ccco1. The average molecular weight is 370 g/mol. The van der Waals surface area contributed by atoms with Gasteiger partial charge in [0.05, 0.1) is 17.2 Å². The molecule has 7 heteroatoms. The fourth-order valence-corrected chi connectivity index (χ4v) is 3.45. The van der Waals surface area contributed by atoms with Gasteiger partial charge in [-0.3, -0.25) is 9.52 Å². The molecule has 0 bridgehead atoms. The Labute approximate surface area is 151 Å². The first kappa shape index (κ1) is 17.8. The summed E-state index contributed by atoms with van der Waals surface area (Å²) in [6.07, 6.45) is 1.54. The molecule has 0 spiro atoms. The summed E-state index contributed by atoms with van der Waals surface area (Å²) in [4.78, 5) is 12.4. The van der Waals surface area contributed by atoms with Crippen LogP contribution in [0.2, 0.25) is 0 Å². The lowest BCUT2D eigenvalue weighted by atomic mass is 10.2. The van der Waals surface area contributed by atoms with Crippen molar-refractivity contribution < 1.29 is 17.6 Å². The molecule has 0 saturated carbocycles. The van der Waals surface area contributed by atoms with E-state index < -0.39 is 10.0 Å². The Morgan fingerprint density at radius 2 is 1.65 bits per heavy atom. The highest BCUT2D eigenvalue weighted by Gasteiger charge is 2.17. The number of furan rings is 1. The number of anilines is 1. The predicted molar refractivity (Wildman–Crippen MR) is 98.3 cm³/mol. The minimum Gasteiger partial charge on any atom is -0.467 e. The van der Waals surface area contributed by atoms with E-state index in [2.05, 4.69) is 10.0 Å². The molecule has 2 N–H and O–H groups in total.